The van der Waals surface area contributed by atoms with Crippen molar-refractivity contribution in [3.63, 3.8) is 0 Å². The Morgan fingerprint density at radius 2 is 2.25 bits per heavy atom. The maximum atomic E-state index is 12.7. The van der Waals surface area contributed by atoms with E-state index in [1.807, 2.05) is 0 Å². The van der Waals surface area contributed by atoms with Gasteiger partial charge in [0.2, 0.25) is 0 Å². The van der Waals surface area contributed by atoms with Crippen molar-refractivity contribution < 1.29 is 18.7 Å². The van der Waals surface area contributed by atoms with Gasteiger partial charge in [0.25, 0.3) is 6.43 Å². The van der Waals surface area contributed by atoms with E-state index in [1.165, 1.54) is 0 Å². The van der Waals surface area contributed by atoms with Crippen molar-refractivity contribution in [2.45, 2.75) is 19.4 Å². The van der Waals surface area contributed by atoms with Gasteiger partial charge in [-0.3, -0.25) is 4.79 Å². The van der Waals surface area contributed by atoms with E-state index in [1.54, 1.807) is 0 Å². The molecule has 0 unspecified atom stereocenters. The zero-order valence-corrected chi connectivity index (χ0v) is 8.84. The molecule has 0 amide bonds. The minimum atomic E-state index is -2.81. The highest BCUT2D eigenvalue weighted by Crippen LogP contribution is 2.27. The van der Waals surface area contributed by atoms with Crippen LogP contribution in [0.1, 0.15) is 23.2 Å². The van der Waals surface area contributed by atoms with Crippen LogP contribution in [0, 0.1) is 0 Å². The van der Waals surface area contributed by atoms with Crippen molar-refractivity contribution in [1.82, 2.24) is 4.98 Å². The molecule has 88 valence electrons. The normalized spacial score (nSPS) is 10.8. The molecule has 7 heteroatoms. The maximum Gasteiger partial charge on any atom is 0.307 e. The van der Waals surface area contributed by atoms with E-state index in [0.29, 0.717) is 0 Å². The number of pyridine rings is 1. The minimum absolute atomic E-state index is 0.0607. The lowest BCUT2D eigenvalue weighted by atomic mass is 10.0. The van der Waals surface area contributed by atoms with Crippen molar-refractivity contribution in [3.8, 4) is 0 Å². The Bertz CT molecular complexity index is 413. The van der Waals surface area contributed by atoms with Crippen molar-refractivity contribution in [1.29, 1.82) is 0 Å². The molecule has 0 bridgehead atoms. The number of carboxylic acid groups (broad SMARTS) is 1. The van der Waals surface area contributed by atoms with Gasteiger partial charge < -0.3 is 10.8 Å². The Morgan fingerprint density at radius 3 is 2.69 bits per heavy atom. The summed E-state index contributed by atoms with van der Waals surface area (Å²) in [6.45, 7) is -0.136. The van der Waals surface area contributed by atoms with Gasteiger partial charge in [-0.2, -0.15) is 0 Å². The fourth-order valence-corrected chi connectivity index (χ4v) is 1.55. The molecule has 16 heavy (non-hydrogen) atoms. The van der Waals surface area contributed by atoms with Gasteiger partial charge in [0.1, 0.15) is 5.15 Å². The topological polar surface area (TPSA) is 76.2 Å². The van der Waals surface area contributed by atoms with Crippen molar-refractivity contribution in [2.24, 2.45) is 5.73 Å². The van der Waals surface area contributed by atoms with E-state index in [2.05, 4.69) is 4.98 Å². The molecule has 0 fully saturated rings. The van der Waals surface area contributed by atoms with Crippen molar-refractivity contribution >= 4 is 17.6 Å². The Labute approximate surface area is 95.0 Å². The van der Waals surface area contributed by atoms with Gasteiger partial charge in [0, 0.05) is 12.1 Å². The van der Waals surface area contributed by atoms with Gasteiger partial charge in [-0.05, 0) is 11.6 Å². The zero-order valence-electron chi connectivity index (χ0n) is 8.08. The minimum Gasteiger partial charge on any atom is -0.481 e. The number of carboxylic acids is 1. The highest BCUT2D eigenvalue weighted by atomic mass is 35.5. The van der Waals surface area contributed by atoms with Crippen LogP contribution in [0.2, 0.25) is 5.15 Å². The molecule has 1 aromatic rings. The van der Waals surface area contributed by atoms with Crippen LogP contribution in [-0.4, -0.2) is 16.1 Å². The standard InChI is InChI=1S/C9H9ClF2N2O2/c10-7-1-5(9(11)12)4(2-8(15)16)6(3-13)14-7/h1,9H,2-3,13H2,(H,15,16). The Hall–Kier alpha value is -1.27. The molecule has 4 nitrogen and oxygen atoms in total. The molecule has 0 radical (unpaired) electrons. The SMILES string of the molecule is NCc1nc(Cl)cc(C(F)F)c1CC(=O)O. The third kappa shape index (κ3) is 2.86. The molecule has 3 N–H and O–H groups in total. The molecule has 1 rings (SSSR count). The largest absolute Gasteiger partial charge is 0.481 e. The summed E-state index contributed by atoms with van der Waals surface area (Å²) in [5.74, 6) is -1.22. The molecule has 0 atom stereocenters. The van der Waals surface area contributed by atoms with Crippen LogP contribution in [0.25, 0.3) is 0 Å². The lowest BCUT2D eigenvalue weighted by molar-refractivity contribution is -0.136. The number of hydrogen-bond acceptors (Lipinski definition) is 3. The van der Waals surface area contributed by atoms with E-state index in [4.69, 9.17) is 22.4 Å². The molecule has 0 aliphatic rings. The van der Waals surface area contributed by atoms with Gasteiger partial charge in [-0.25, -0.2) is 13.8 Å². The number of rotatable bonds is 4. The molecule has 1 heterocycles. The van der Waals surface area contributed by atoms with E-state index in [9.17, 15) is 13.6 Å². The van der Waals surface area contributed by atoms with E-state index >= 15 is 0 Å². The molecule has 0 saturated heterocycles. The molecule has 0 saturated carbocycles. The first-order valence-electron chi connectivity index (χ1n) is 4.34. The molecule has 0 aliphatic carbocycles. The number of hydrogen-bond donors (Lipinski definition) is 2. The summed E-state index contributed by atoms with van der Waals surface area (Å²) >= 11 is 5.53. The smallest absolute Gasteiger partial charge is 0.307 e. The average Bonchev–Trinajstić information content (AvgIpc) is 2.19. The number of nitrogens with zero attached hydrogens (tertiary/aromatic N) is 1. The van der Waals surface area contributed by atoms with E-state index < -0.39 is 24.4 Å². The molecule has 0 aromatic carbocycles. The quantitative estimate of drug-likeness (QED) is 0.799. The average molecular weight is 251 g/mol. The first kappa shape index (κ1) is 12.8. The monoisotopic (exact) mass is 250 g/mol. The van der Waals surface area contributed by atoms with Crippen LogP contribution in [0.15, 0.2) is 6.07 Å². The van der Waals surface area contributed by atoms with E-state index in [-0.39, 0.29) is 23.0 Å². The van der Waals surface area contributed by atoms with Gasteiger partial charge in [0.05, 0.1) is 12.1 Å². The number of carbonyl (C=O) groups is 1. The highest BCUT2D eigenvalue weighted by Gasteiger charge is 2.20. The second-order valence-corrected chi connectivity index (χ2v) is 3.42. The number of nitrogens with two attached hydrogens (primary N) is 1. The van der Waals surface area contributed by atoms with Crippen molar-refractivity contribution in [3.05, 3.63) is 28.0 Å². The summed E-state index contributed by atoms with van der Waals surface area (Å²) in [4.78, 5) is 14.3. The highest BCUT2D eigenvalue weighted by molar-refractivity contribution is 6.29. The molecular weight excluding hydrogens is 242 g/mol. The third-order valence-electron chi connectivity index (χ3n) is 1.97. The predicted octanol–water partition coefficient (Wildman–Crippen LogP) is 1.76. The number of halogens is 3. The predicted molar refractivity (Wildman–Crippen MR) is 53.4 cm³/mol. The third-order valence-corrected chi connectivity index (χ3v) is 2.16. The number of aliphatic carboxylic acids is 1. The first-order chi connectivity index (χ1) is 7.45. The Morgan fingerprint density at radius 1 is 1.62 bits per heavy atom. The molecular formula is C9H9ClF2N2O2. The van der Waals surface area contributed by atoms with Crippen LogP contribution in [0.3, 0.4) is 0 Å². The van der Waals surface area contributed by atoms with E-state index in [0.717, 1.165) is 6.07 Å². The fourth-order valence-electron chi connectivity index (χ4n) is 1.33. The lowest BCUT2D eigenvalue weighted by Crippen LogP contribution is -2.12. The fraction of sp³-hybridized carbons (Fsp3) is 0.333. The van der Waals surface area contributed by atoms with Crippen LogP contribution >= 0.6 is 11.6 Å². The summed E-state index contributed by atoms with van der Waals surface area (Å²) in [6.07, 6.45) is -3.35. The summed E-state index contributed by atoms with van der Waals surface area (Å²) < 4.78 is 25.3. The number of aromatic nitrogens is 1. The summed E-state index contributed by atoms with van der Waals surface area (Å²) in [6, 6.07) is 0.962. The zero-order chi connectivity index (χ0) is 12.3. The summed E-state index contributed by atoms with van der Waals surface area (Å²) in [7, 11) is 0. The first-order valence-corrected chi connectivity index (χ1v) is 4.71. The Balaban J connectivity index is 3.32. The van der Waals surface area contributed by atoms with Crippen LogP contribution in [-0.2, 0) is 17.8 Å². The van der Waals surface area contributed by atoms with Gasteiger partial charge in [-0.1, -0.05) is 11.6 Å². The van der Waals surface area contributed by atoms with Crippen LogP contribution < -0.4 is 5.73 Å². The van der Waals surface area contributed by atoms with Crippen molar-refractivity contribution in [2.75, 3.05) is 0 Å². The van der Waals surface area contributed by atoms with Gasteiger partial charge in [0.15, 0.2) is 0 Å². The Kier molecular flexibility index (Phi) is 4.14. The van der Waals surface area contributed by atoms with Crippen LogP contribution in [0.4, 0.5) is 8.78 Å². The molecule has 0 aliphatic heterocycles. The maximum absolute atomic E-state index is 12.7. The van der Waals surface area contributed by atoms with Crippen LogP contribution in [0.5, 0.6) is 0 Å². The lowest BCUT2D eigenvalue weighted by Gasteiger charge is -2.11. The second kappa shape index (κ2) is 5.18. The van der Waals surface area contributed by atoms with Gasteiger partial charge >= 0.3 is 5.97 Å². The summed E-state index contributed by atoms with van der Waals surface area (Å²) in [5.41, 5.74) is 4.90. The van der Waals surface area contributed by atoms with Gasteiger partial charge in [-0.15, -0.1) is 0 Å². The molecule has 1 aromatic heterocycles. The second-order valence-electron chi connectivity index (χ2n) is 3.03. The summed E-state index contributed by atoms with van der Waals surface area (Å²) in [5, 5.41) is 8.50. The number of alkyl halides is 2. The molecule has 0 spiro atoms.